The molecule has 1 aromatic carbocycles. The highest BCUT2D eigenvalue weighted by Crippen LogP contribution is 2.31. The lowest BCUT2D eigenvalue weighted by molar-refractivity contribution is 0.0175. The molecule has 0 aliphatic carbocycles. The van der Waals surface area contributed by atoms with Gasteiger partial charge >= 0.3 is 0 Å². The fourth-order valence-electron chi connectivity index (χ4n) is 2.96. The minimum absolute atomic E-state index is 0.174. The maximum Gasteiger partial charge on any atom is 0.123 e. The second kappa shape index (κ2) is 6.12. The van der Waals surface area contributed by atoms with Crippen LogP contribution in [0.5, 0.6) is 5.75 Å². The van der Waals surface area contributed by atoms with Crippen molar-refractivity contribution in [1.29, 1.82) is 0 Å². The highest BCUT2D eigenvalue weighted by atomic mass is 16.5. The van der Waals surface area contributed by atoms with E-state index >= 15 is 0 Å². The average Bonchev–Trinajstić information content (AvgIpc) is 2.44. The molecular weight excluding hydrogens is 250 g/mol. The summed E-state index contributed by atoms with van der Waals surface area (Å²) in [4.78, 5) is 4.90. The van der Waals surface area contributed by atoms with Crippen molar-refractivity contribution in [2.24, 2.45) is 5.73 Å². The first-order valence-corrected chi connectivity index (χ1v) is 7.28. The first-order valence-electron chi connectivity index (χ1n) is 7.28. The zero-order chi connectivity index (χ0) is 14.8. The van der Waals surface area contributed by atoms with E-state index in [1.807, 2.05) is 12.1 Å². The quantitative estimate of drug-likeness (QED) is 0.910. The number of rotatable bonds is 4. The van der Waals surface area contributed by atoms with E-state index in [4.69, 9.17) is 10.5 Å². The molecule has 1 aromatic rings. The van der Waals surface area contributed by atoms with Crippen molar-refractivity contribution in [3.05, 3.63) is 29.8 Å². The van der Waals surface area contributed by atoms with E-state index in [2.05, 4.69) is 42.8 Å². The Balaban J connectivity index is 2.24. The number of likely N-dealkylation sites (N-methyl/N-ethyl adjacent to an activating group) is 1. The van der Waals surface area contributed by atoms with Gasteiger partial charge in [0.05, 0.1) is 13.2 Å². The molecule has 0 amide bonds. The number of benzene rings is 1. The molecule has 0 aromatic heterocycles. The Morgan fingerprint density at radius 3 is 2.60 bits per heavy atom. The van der Waals surface area contributed by atoms with E-state index in [1.54, 1.807) is 7.11 Å². The van der Waals surface area contributed by atoms with Crippen LogP contribution in [0.25, 0.3) is 0 Å². The van der Waals surface area contributed by atoms with Gasteiger partial charge in [0.25, 0.3) is 0 Å². The maximum absolute atomic E-state index is 6.07. The topological polar surface area (TPSA) is 41.7 Å². The maximum atomic E-state index is 6.07. The Morgan fingerprint density at radius 2 is 2.00 bits per heavy atom. The number of nitrogens with two attached hydrogens (primary N) is 1. The Kier molecular flexibility index (Phi) is 4.68. The van der Waals surface area contributed by atoms with E-state index in [9.17, 15) is 0 Å². The van der Waals surface area contributed by atoms with E-state index < -0.39 is 0 Å². The largest absolute Gasteiger partial charge is 0.496 e. The number of nitrogens with zero attached hydrogens (tertiary/aromatic N) is 2. The Hall–Kier alpha value is -1.10. The molecule has 4 nitrogen and oxygen atoms in total. The number of piperazine rings is 1. The molecule has 1 atom stereocenters. The van der Waals surface area contributed by atoms with Gasteiger partial charge in [0.2, 0.25) is 0 Å². The summed E-state index contributed by atoms with van der Waals surface area (Å²) in [6.07, 6.45) is 0. The normalized spacial score (nSPS) is 21.6. The molecule has 1 aliphatic rings. The van der Waals surface area contributed by atoms with Crippen LogP contribution in [-0.2, 0) is 0 Å². The molecule has 0 radical (unpaired) electrons. The summed E-state index contributed by atoms with van der Waals surface area (Å²) in [5.74, 6) is 0.930. The second-order valence-electron chi connectivity index (χ2n) is 6.20. The SMILES string of the molecule is COc1ccccc1C(CN)N1CCN(C)C(C)(C)C1. The van der Waals surface area contributed by atoms with Crippen LogP contribution in [0.4, 0.5) is 0 Å². The third kappa shape index (κ3) is 2.97. The highest BCUT2D eigenvalue weighted by molar-refractivity contribution is 5.36. The van der Waals surface area contributed by atoms with Crippen molar-refractivity contribution < 1.29 is 4.74 Å². The van der Waals surface area contributed by atoms with Gasteiger partial charge in [-0.2, -0.15) is 0 Å². The summed E-state index contributed by atoms with van der Waals surface area (Å²) < 4.78 is 5.50. The summed E-state index contributed by atoms with van der Waals surface area (Å²) in [6.45, 7) is 8.31. The monoisotopic (exact) mass is 277 g/mol. The third-order valence-electron chi connectivity index (χ3n) is 4.51. The Morgan fingerprint density at radius 1 is 1.30 bits per heavy atom. The van der Waals surface area contributed by atoms with Gasteiger partial charge in [-0.1, -0.05) is 18.2 Å². The first-order chi connectivity index (χ1) is 9.49. The number of para-hydroxylation sites is 1. The molecule has 0 saturated carbocycles. The molecule has 20 heavy (non-hydrogen) atoms. The molecule has 0 spiro atoms. The highest BCUT2D eigenvalue weighted by Gasteiger charge is 2.34. The predicted octanol–water partition coefficient (Wildman–Crippen LogP) is 1.72. The fourth-order valence-corrected chi connectivity index (χ4v) is 2.96. The summed E-state index contributed by atoms with van der Waals surface area (Å²) in [6, 6.07) is 8.42. The minimum Gasteiger partial charge on any atom is -0.496 e. The molecule has 1 unspecified atom stereocenters. The van der Waals surface area contributed by atoms with Crippen LogP contribution in [0, 0.1) is 0 Å². The van der Waals surface area contributed by atoms with E-state index in [-0.39, 0.29) is 11.6 Å². The smallest absolute Gasteiger partial charge is 0.123 e. The second-order valence-corrected chi connectivity index (χ2v) is 6.20. The van der Waals surface area contributed by atoms with Crippen molar-refractivity contribution in [3.8, 4) is 5.75 Å². The molecule has 0 bridgehead atoms. The van der Waals surface area contributed by atoms with E-state index in [0.717, 1.165) is 25.4 Å². The van der Waals surface area contributed by atoms with Crippen LogP contribution in [0.1, 0.15) is 25.5 Å². The lowest BCUT2D eigenvalue weighted by atomic mass is 9.95. The van der Waals surface area contributed by atoms with Gasteiger partial charge in [-0.05, 0) is 27.0 Å². The van der Waals surface area contributed by atoms with Gasteiger partial charge in [-0.15, -0.1) is 0 Å². The summed E-state index contributed by atoms with van der Waals surface area (Å²) in [7, 11) is 3.91. The fraction of sp³-hybridized carbons (Fsp3) is 0.625. The summed E-state index contributed by atoms with van der Waals surface area (Å²) >= 11 is 0. The number of hydrogen-bond acceptors (Lipinski definition) is 4. The van der Waals surface area contributed by atoms with Crippen LogP contribution in [0.2, 0.25) is 0 Å². The van der Waals surface area contributed by atoms with Gasteiger partial charge < -0.3 is 10.5 Å². The number of ether oxygens (including phenoxy) is 1. The predicted molar refractivity (Wildman–Crippen MR) is 83.1 cm³/mol. The van der Waals surface area contributed by atoms with Gasteiger partial charge in [0.1, 0.15) is 5.75 Å². The van der Waals surface area contributed by atoms with E-state index in [0.29, 0.717) is 6.54 Å². The van der Waals surface area contributed by atoms with Gasteiger partial charge in [0, 0.05) is 37.3 Å². The van der Waals surface area contributed by atoms with Gasteiger partial charge in [-0.25, -0.2) is 0 Å². The minimum atomic E-state index is 0.174. The molecular formula is C16H27N3O. The van der Waals surface area contributed by atoms with Crippen molar-refractivity contribution in [3.63, 3.8) is 0 Å². The number of methoxy groups -OCH3 is 1. The van der Waals surface area contributed by atoms with Crippen LogP contribution >= 0.6 is 0 Å². The molecule has 1 saturated heterocycles. The third-order valence-corrected chi connectivity index (χ3v) is 4.51. The molecule has 1 aliphatic heterocycles. The molecule has 4 heteroatoms. The summed E-state index contributed by atoms with van der Waals surface area (Å²) in [5.41, 5.74) is 7.44. The standard InChI is InChI=1S/C16H27N3O/c1-16(2)12-19(10-9-18(16)3)14(11-17)13-7-5-6-8-15(13)20-4/h5-8,14H,9-12,17H2,1-4H3. The van der Waals surface area contributed by atoms with Crippen molar-refractivity contribution >= 4 is 0 Å². The average molecular weight is 277 g/mol. The zero-order valence-electron chi connectivity index (χ0n) is 13.1. The summed E-state index contributed by atoms with van der Waals surface area (Å²) in [5, 5.41) is 0. The van der Waals surface area contributed by atoms with Crippen molar-refractivity contribution in [2.75, 3.05) is 40.3 Å². The zero-order valence-corrected chi connectivity index (χ0v) is 13.1. The van der Waals surface area contributed by atoms with Crippen LogP contribution < -0.4 is 10.5 Å². The Bertz CT molecular complexity index is 447. The first kappa shape index (κ1) is 15.3. The van der Waals surface area contributed by atoms with Crippen molar-refractivity contribution in [2.45, 2.75) is 25.4 Å². The Labute approximate surface area is 122 Å². The molecule has 2 rings (SSSR count). The van der Waals surface area contributed by atoms with Crippen LogP contribution in [-0.4, -0.2) is 55.7 Å². The van der Waals surface area contributed by atoms with Crippen LogP contribution in [0.15, 0.2) is 24.3 Å². The van der Waals surface area contributed by atoms with Crippen LogP contribution in [0.3, 0.4) is 0 Å². The van der Waals surface area contributed by atoms with E-state index in [1.165, 1.54) is 5.56 Å². The molecule has 2 N–H and O–H groups in total. The van der Waals surface area contributed by atoms with Gasteiger partial charge in [0.15, 0.2) is 0 Å². The lowest BCUT2D eigenvalue weighted by Crippen LogP contribution is -2.58. The van der Waals surface area contributed by atoms with Gasteiger partial charge in [-0.3, -0.25) is 9.80 Å². The van der Waals surface area contributed by atoms with Crippen molar-refractivity contribution in [1.82, 2.24) is 9.80 Å². The molecule has 1 fully saturated rings. The molecule has 112 valence electrons. The molecule has 1 heterocycles. The number of hydrogen-bond donors (Lipinski definition) is 1. The lowest BCUT2D eigenvalue weighted by Gasteiger charge is -2.48.